The van der Waals surface area contributed by atoms with Gasteiger partial charge in [0.1, 0.15) is 11.6 Å². The third-order valence-electron chi connectivity index (χ3n) is 3.08. The molecule has 0 atom stereocenters. The number of hydrogen-bond acceptors (Lipinski definition) is 3. The number of fused-ring (bicyclic) bond motifs is 1. The molecule has 1 aliphatic carbocycles. The van der Waals surface area contributed by atoms with E-state index in [0.29, 0.717) is 30.6 Å². The highest BCUT2D eigenvalue weighted by atomic mass is 19.1. The van der Waals surface area contributed by atoms with Gasteiger partial charge in [-0.15, -0.1) is 0 Å². The lowest BCUT2D eigenvalue weighted by Gasteiger charge is -2.17. The first-order valence-electron chi connectivity index (χ1n) is 6.28. The number of ether oxygens (including phenoxy) is 1. The summed E-state index contributed by atoms with van der Waals surface area (Å²) < 4.78 is 19.1. The molecule has 1 aliphatic rings. The van der Waals surface area contributed by atoms with Crippen molar-refractivity contribution >= 4 is 11.8 Å². The smallest absolute Gasteiger partial charge is 0.303 e. The van der Waals surface area contributed by atoms with Crippen molar-refractivity contribution in [3.63, 3.8) is 0 Å². The molecule has 0 saturated heterocycles. The number of Topliss-reactive ketones (excluding diaryl/α,β-unsaturated/α-hetero) is 1. The number of carbonyl (C=O) groups excluding carboxylic acids is 1. The van der Waals surface area contributed by atoms with Gasteiger partial charge in [-0.05, 0) is 30.9 Å². The van der Waals surface area contributed by atoms with Gasteiger partial charge in [-0.25, -0.2) is 4.39 Å². The van der Waals surface area contributed by atoms with Gasteiger partial charge in [0, 0.05) is 18.9 Å². The SMILES string of the molecule is O=C(O)CCCOc1cc(F)c2c(c1)CCCC2=O. The summed E-state index contributed by atoms with van der Waals surface area (Å²) in [5, 5.41) is 8.49. The van der Waals surface area contributed by atoms with E-state index < -0.39 is 11.8 Å². The lowest BCUT2D eigenvalue weighted by molar-refractivity contribution is -0.137. The molecule has 1 aromatic rings. The maximum Gasteiger partial charge on any atom is 0.303 e. The van der Waals surface area contributed by atoms with E-state index in [-0.39, 0.29) is 24.4 Å². The highest BCUT2D eigenvalue weighted by molar-refractivity contribution is 5.98. The molecule has 0 saturated carbocycles. The second kappa shape index (κ2) is 5.82. The summed E-state index contributed by atoms with van der Waals surface area (Å²) in [4.78, 5) is 21.9. The molecule has 19 heavy (non-hydrogen) atoms. The summed E-state index contributed by atoms with van der Waals surface area (Å²) in [6, 6.07) is 2.87. The Hall–Kier alpha value is -1.91. The molecule has 4 nitrogen and oxygen atoms in total. The van der Waals surface area contributed by atoms with Crippen LogP contribution in [-0.2, 0) is 11.2 Å². The topological polar surface area (TPSA) is 63.6 Å². The number of aryl methyl sites for hydroxylation is 1. The van der Waals surface area contributed by atoms with Gasteiger partial charge < -0.3 is 9.84 Å². The third kappa shape index (κ3) is 3.30. The summed E-state index contributed by atoms with van der Waals surface area (Å²) in [6.45, 7) is 0.221. The predicted molar refractivity (Wildman–Crippen MR) is 66.0 cm³/mol. The second-order valence-electron chi connectivity index (χ2n) is 4.56. The van der Waals surface area contributed by atoms with E-state index in [1.807, 2.05) is 0 Å². The number of ketones is 1. The summed E-state index contributed by atoms with van der Waals surface area (Å²) in [6.07, 6.45) is 2.18. The Balaban J connectivity index is 2.05. The van der Waals surface area contributed by atoms with Gasteiger partial charge in [0.05, 0.1) is 12.2 Å². The van der Waals surface area contributed by atoms with E-state index in [1.165, 1.54) is 6.07 Å². The first kappa shape index (κ1) is 13.5. The van der Waals surface area contributed by atoms with Crippen LogP contribution >= 0.6 is 0 Å². The molecule has 2 rings (SSSR count). The maximum atomic E-state index is 13.8. The van der Waals surface area contributed by atoms with E-state index in [1.54, 1.807) is 6.07 Å². The van der Waals surface area contributed by atoms with Crippen molar-refractivity contribution in [3.05, 3.63) is 29.1 Å². The molecular formula is C14H15FO4. The van der Waals surface area contributed by atoms with E-state index in [9.17, 15) is 14.0 Å². The van der Waals surface area contributed by atoms with Crippen molar-refractivity contribution in [2.24, 2.45) is 0 Å². The molecule has 0 bridgehead atoms. The van der Waals surface area contributed by atoms with Crippen LogP contribution in [0.3, 0.4) is 0 Å². The summed E-state index contributed by atoms with van der Waals surface area (Å²) in [5.41, 5.74) is 0.869. The molecule has 0 radical (unpaired) electrons. The third-order valence-corrected chi connectivity index (χ3v) is 3.08. The quantitative estimate of drug-likeness (QED) is 0.832. The number of hydrogen-bond donors (Lipinski definition) is 1. The number of carboxylic acids is 1. The van der Waals surface area contributed by atoms with Crippen molar-refractivity contribution < 1.29 is 23.8 Å². The second-order valence-corrected chi connectivity index (χ2v) is 4.56. The lowest BCUT2D eigenvalue weighted by atomic mass is 9.90. The van der Waals surface area contributed by atoms with Crippen LogP contribution in [0.15, 0.2) is 12.1 Å². The predicted octanol–water partition coefficient (Wildman–Crippen LogP) is 2.59. The molecule has 1 N–H and O–H groups in total. The van der Waals surface area contributed by atoms with Crippen LogP contribution in [0.5, 0.6) is 5.75 Å². The van der Waals surface area contributed by atoms with Crippen LogP contribution in [0.2, 0.25) is 0 Å². The zero-order valence-electron chi connectivity index (χ0n) is 10.4. The number of carboxylic acid groups (broad SMARTS) is 1. The Kier molecular flexibility index (Phi) is 4.14. The Morgan fingerprint density at radius 2 is 2.16 bits per heavy atom. The van der Waals surface area contributed by atoms with Crippen molar-refractivity contribution in [1.82, 2.24) is 0 Å². The van der Waals surface area contributed by atoms with E-state index in [0.717, 1.165) is 6.42 Å². The van der Waals surface area contributed by atoms with Crippen LogP contribution in [0, 0.1) is 5.82 Å². The van der Waals surface area contributed by atoms with Gasteiger partial charge in [-0.3, -0.25) is 9.59 Å². The highest BCUT2D eigenvalue weighted by Gasteiger charge is 2.22. The van der Waals surface area contributed by atoms with Crippen LogP contribution in [0.1, 0.15) is 41.6 Å². The van der Waals surface area contributed by atoms with Crippen LogP contribution in [0.4, 0.5) is 4.39 Å². The monoisotopic (exact) mass is 266 g/mol. The van der Waals surface area contributed by atoms with E-state index >= 15 is 0 Å². The molecule has 0 fully saturated rings. The molecule has 0 heterocycles. The normalized spacial score (nSPS) is 14.1. The molecule has 0 amide bonds. The average molecular weight is 266 g/mol. The fourth-order valence-corrected chi connectivity index (χ4v) is 2.21. The molecule has 0 aliphatic heterocycles. The average Bonchev–Trinajstić information content (AvgIpc) is 2.34. The molecule has 0 aromatic heterocycles. The summed E-state index contributed by atoms with van der Waals surface area (Å²) >= 11 is 0. The molecule has 102 valence electrons. The van der Waals surface area contributed by atoms with Crippen LogP contribution in [-0.4, -0.2) is 23.5 Å². The van der Waals surface area contributed by atoms with Crippen LogP contribution < -0.4 is 4.74 Å². The number of rotatable bonds is 5. The Morgan fingerprint density at radius 1 is 1.37 bits per heavy atom. The number of aliphatic carboxylic acids is 1. The first-order valence-corrected chi connectivity index (χ1v) is 6.28. The molecule has 5 heteroatoms. The zero-order valence-corrected chi connectivity index (χ0v) is 10.4. The Bertz CT molecular complexity index is 510. The van der Waals surface area contributed by atoms with E-state index in [4.69, 9.17) is 9.84 Å². The van der Waals surface area contributed by atoms with Gasteiger partial charge in [0.2, 0.25) is 0 Å². The molecule has 1 aromatic carbocycles. The van der Waals surface area contributed by atoms with Crippen LogP contribution in [0.25, 0.3) is 0 Å². The minimum absolute atomic E-state index is 0.0198. The van der Waals surface area contributed by atoms with Crippen molar-refractivity contribution in [1.29, 1.82) is 0 Å². The van der Waals surface area contributed by atoms with Crippen molar-refractivity contribution in [2.75, 3.05) is 6.61 Å². The fraction of sp³-hybridized carbons (Fsp3) is 0.429. The van der Waals surface area contributed by atoms with Crippen molar-refractivity contribution in [3.8, 4) is 5.75 Å². The largest absolute Gasteiger partial charge is 0.493 e. The number of benzene rings is 1. The highest BCUT2D eigenvalue weighted by Crippen LogP contribution is 2.28. The molecule has 0 unspecified atom stereocenters. The molecule has 0 spiro atoms. The minimum Gasteiger partial charge on any atom is -0.493 e. The Morgan fingerprint density at radius 3 is 2.89 bits per heavy atom. The number of carbonyl (C=O) groups is 2. The van der Waals surface area contributed by atoms with Gasteiger partial charge in [-0.1, -0.05) is 0 Å². The summed E-state index contributed by atoms with van der Waals surface area (Å²) in [7, 11) is 0. The maximum absolute atomic E-state index is 13.8. The Labute approximate surface area is 110 Å². The number of halogens is 1. The summed E-state index contributed by atoms with van der Waals surface area (Å²) in [5.74, 6) is -1.23. The van der Waals surface area contributed by atoms with E-state index in [2.05, 4.69) is 0 Å². The minimum atomic E-state index is -0.884. The first-order chi connectivity index (χ1) is 9.08. The standard InChI is InChI=1S/C14H15FO4/c15-11-8-10(19-6-2-5-13(17)18)7-9-3-1-4-12(16)14(9)11/h7-8H,1-6H2,(H,17,18). The van der Waals surface area contributed by atoms with Crippen molar-refractivity contribution in [2.45, 2.75) is 32.1 Å². The van der Waals surface area contributed by atoms with Gasteiger partial charge in [-0.2, -0.15) is 0 Å². The molecular weight excluding hydrogens is 251 g/mol. The zero-order chi connectivity index (χ0) is 13.8. The van der Waals surface area contributed by atoms with Gasteiger partial charge in [0.15, 0.2) is 5.78 Å². The fourth-order valence-electron chi connectivity index (χ4n) is 2.21. The lowest BCUT2D eigenvalue weighted by Crippen LogP contribution is -2.13. The van der Waals surface area contributed by atoms with Gasteiger partial charge >= 0.3 is 5.97 Å². The van der Waals surface area contributed by atoms with Gasteiger partial charge in [0.25, 0.3) is 0 Å².